The van der Waals surface area contributed by atoms with Crippen LogP contribution in [0.25, 0.3) is 21.0 Å². The number of benzene rings is 1. The van der Waals surface area contributed by atoms with Crippen LogP contribution in [0.15, 0.2) is 22.6 Å². The van der Waals surface area contributed by atoms with Crippen molar-refractivity contribution in [3.8, 4) is 28.7 Å². The second-order valence-corrected chi connectivity index (χ2v) is 8.70. The van der Waals surface area contributed by atoms with Crippen molar-refractivity contribution in [2.45, 2.75) is 6.61 Å². The fourth-order valence-corrected chi connectivity index (χ4v) is 4.87. The molecule has 0 aliphatic carbocycles. The lowest BCUT2D eigenvalue weighted by Gasteiger charge is -2.12. The summed E-state index contributed by atoms with van der Waals surface area (Å²) < 4.78 is 27.9. The molecule has 32 heavy (non-hydrogen) atoms. The Morgan fingerprint density at radius 2 is 1.75 bits per heavy atom. The molecule has 0 saturated carbocycles. The van der Waals surface area contributed by atoms with Crippen LogP contribution in [0, 0.1) is 0 Å². The Kier molecular flexibility index (Phi) is 6.15. The number of carbonyl (C=O) groups is 1. The van der Waals surface area contributed by atoms with Gasteiger partial charge in [0.2, 0.25) is 11.6 Å². The van der Waals surface area contributed by atoms with Crippen LogP contribution in [0.4, 0.5) is 5.13 Å². The molecule has 0 saturated heterocycles. The molecule has 0 unspecified atom stereocenters. The van der Waals surface area contributed by atoms with E-state index in [4.69, 9.17) is 23.4 Å². The molecule has 0 aliphatic heterocycles. The van der Waals surface area contributed by atoms with Crippen molar-refractivity contribution in [1.82, 2.24) is 15.2 Å². The third kappa shape index (κ3) is 4.18. The monoisotopic (exact) mass is 476 g/mol. The van der Waals surface area contributed by atoms with Crippen molar-refractivity contribution in [2.75, 3.05) is 40.3 Å². The fraction of sp³-hybridized carbons (Fsp3) is 0.300. The molecule has 168 valence electrons. The summed E-state index contributed by atoms with van der Waals surface area (Å²) in [6, 6.07) is 5.16. The van der Waals surface area contributed by atoms with E-state index in [0.29, 0.717) is 27.7 Å². The van der Waals surface area contributed by atoms with Gasteiger partial charge in [-0.15, -0.1) is 21.5 Å². The first-order valence-corrected chi connectivity index (χ1v) is 10.9. The fourth-order valence-electron chi connectivity index (χ4n) is 2.85. The number of anilines is 1. The summed E-state index contributed by atoms with van der Waals surface area (Å²) in [7, 11) is 8.41. The summed E-state index contributed by atoms with van der Waals surface area (Å²) in [5.74, 6) is 1.28. The van der Waals surface area contributed by atoms with E-state index in [1.165, 1.54) is 44.0 Å². The van der Waals surface area contributed by atoms with Crippen LogP contribution < -0.4 is 19.1 Å². The molecule has 0 aliphatic rings. The molecule has 0 bridgehead atoms. The predicted molar refractivity (Wildman–Crippen MR) is 120 cm³/mol. The highest BCUT2D eigenvalue weighted by atomic mass is 32.1. The van der Waals surface area contributed by atoms with Crippen LogP contribution in [-0.4, -0.2) is 56.6 Å². The van der Waals surface area contributed by atoms with Gasteiger partial charge < -0.3 is 28.3 Å². The maximum atomic E-state index is 12.4. The molecule has 10 nitrogen and oxygen atoms in total. The standard InChI is InChI=1S/C20H20N4O6S2/c1-24(2)20-21-18-13(32-20)8-14(31-18)19(25)29-9-15-22-23-17(30-15)10-6-11(26-3)16(28-5)12(7-10)27-4/h6-8H,9H2,1-5H3. The van der Waals surface area contributed by atoms with E-state index >= 15 is 0 Å². The maximum Gasteiger partial charge on any atom is 0.348 e. The molecule has 0 atom stereocenters. The van der Waals surface area contributed by atoms with Gasteiger partial charge in [-0.1, -0.05) is 11.3 Å². The topological polar surface area (TPSA) is 109 Å². The molecular weight excluding hydrogens is 456 g/mol. The number of nitrogens with zero attached hydrogens (tertiary/aromatic N) is 4. The Hall–Kier alpha value is -3.38. The van der Waals surface area contributed by atoms with Crippen molar-refractivity contribution in [1.29, 1.82) is 0 Å². The van der Waals surface area contributed by atoms with Crippen LogP contribution in [-0.2, 0) is 11.3 Å². The number of esters is 1. The second kappa shape index (κ2) is 9.01. The van der Waals surface area contributed by atoms with Gasteiger partial charge in [0, 0.05) is 19.7 Å². The zero-order chi connectivity index (χ0) is 22.8. The molecule has 0 radical (unpaired) electrons. The van der Waals surface area contributed by atoms with Gasteiger partial charge in [-0.05, 0) is 18.2 Å². The van der Waals surface area contributed by atoms with Crippen LogP contribution in [0.1, 0.15) is 15.6 Å². The van der Waals surface area contributed by atoms with Crippen LogP contribution >= 0.6 is 22.7 Å². The molecule has 4 aromatic rings. The van der Waals surface area contributed by atoms with E-state index in [2.05, 4.69) is 15.2 Å². The molecule has 0 amide bonds. The third-order valence-electron chi connectivity index (χ3n) is 4.37. The minimum atomic E-state index is -0.473. The highest BCUT2D eigenvalue weighted by Gasteiger charge is 2.19. The van der Waals surface area contributed by atoms with E-state index in [1.54, 1.807) is 18.2 Å². The number of hydrogen-bond acceptors (Lipinski definition) is 12. The van der Waals surface area contributed by atoms with Crippen LogP contribution in [0.3, 0.4) is 0 Å². The average molecular weight is 477 g/mol. The number of ether oxygens (including phenoxy) is 4. The highest BCUT2D eigenvalue weighted by molar-refractivity contribution is 7.29. The van der Waals surface area contributed by atoms with Crippen LogP contribution in [0.5, 0.6) is 17.2 Å². The normalized spacial score (nSPS) is 10.9. The lowest BCUT2D eigenvalue weighted by atomic mass is 10.2. The molecule has 1 aromatic carbocycles. The molecule has 3 heterocycles. The largest absolute Gasteiger partial charge is 0.493 e. The second-order valence-electron chi connectivity index (χ2n) is 6.66. The first-order chi connectivity index (χ1) is 15.4. The van der Waals surface area contributed by atoms with Crippen molar-refractivity contribution in [3.63, 3.8) is 0 Å². The van der Waals surface area contributed by atoms with Gasteiger partial charge in [0.15, 0.2) is 23.2 Å². The van der Waals surface area contributed by atoms with E-state index in [1.807, 2.05) is 19.0 Å². The van der Waals surface area contributed by atoms with Gasteiger partial charge in [0.25, 0.3) is 5.89 Å². The summed E-state index contributed by atoms with van der Waals surface area (Å²) >= 11 is 2.80. The number of hydrogen-bond donors (Lipinski definition) is 0. The molecule has 0 fully saturated rings. The number of carbonyl (C=O) groups excluding carboxylic acids is 1. The Balaban J connectivity index is 1.46. The molecule has 0 N–H and O–H groups in total. The van der Waals surface area contributed by atoms with E-state index in [-0.39, 0.29) is 18.4 Å². The molecule has 3 aromatic heterocycles. The van der Waals surface area contributed by atoms with Crippen molar-refractivity contribution < 1.29 is 28.2 Å². The Morgan fingerprint density at radius 1 is 1.03 bits per heavy atom. The van der Waals surface area contributed by atoms with Gasteiger partial charge in [-0.25, -0.2) is 9.78 Å². The van der Waals surface area contributed by atoms with Gasteiger partial charge >= 0.3 is 5.97 Å². The highest BCUT2D eigenvalue weighted by Crippen LogP contribution is 2.41. The number of thiophene rings is 1. The smallest absolute Gasteiger partial charge is 0.348 e. The zero-order valence-electron chi connectivity index (χ0n) is 18.0. The number of fused-ring (bicyclic) bond motifs is 1. The SMILES string of the molecule is COc1cc(-c2nnc(COC(=O)c3cc4sc(N(C)C)nc4s3)o2)cc(OC)c1OC. The summed E-state index contributed by atoms with van der Waals surface area (Å²) in [5, 5.41) is 8.87. The quantitative estimate of drug-likeness (QED) is 0.348. The first kappa shape index (κ1) is 21.8. The van der Waals surface area contributed by atoms with E-state index in [0.717, 1.165) is 14.7 Å². The number of rotatable bonds is 8. The Bertz CT molecular complexity index is 1210. The summed E-state index contributed by atoms with van der Waals surface area (Å²) in [4.78, 5) is 20.1. The van der Waals surface area contributed by atoms with Gasteiger partial charge in [-0.2, -0.15) is 0 Å². The van der Waals surface area contributed by atoms with E-state index in [9.17, 15) is 4.79 Å². The summed E-state index contributed by atoms with van der Waals surface area (Å²) in [6.45, 7) is -0.155. The Morgan fingerprint density at radius 3 is 2.34 bits per heavy atom. The third-order valence-corrected chi connectivity index (χ3v) is 6.68. The minimum absolute atomic E-state index is 0.155. The lowest BCUT2D eigenvalue weighted by molar-refractivity contribution is 0.0444. The Labute approximate surface area is 191 Å². The summed E-state index contributed by atoms with van der Waals surface area (Å²) in [5.41, 5.74) is 0.575. The zero-order valence-corrected chi connectivity index (χ0v) is 19.6. The molecule has 12 heteroatoms. The van der Waals surface area contributed by atoms with Gasteiger partial charge in [0.1, 0.15) is 9.71 Å². The summed E-state index contributed by atoms with van der Waals surface area (Å²) in [6.07, 6.45) is 0. The van der Waals surface area contributed by atoms with Gasteiger partial charge in [0.05, 0.1) is 26.0 Å². The number of methoxy groups -OCH3 is 3. The number of aromatic nitrogens is 3. The van der Waals surface area contributed by atoms with Crippen LogP contribution in [0.2, 0.25) is 0 Å². The molecule has 4 rings (SSSR count). The van der Waals surface area contributed by atoms with Crippen molar-refractivity contribution in [2.24, 2.45) is 0 Å². The first-order valence-electron chi connectivity index (χ1n) is 9.31. The average Bonchev–Trinajstić information content (AvgIpc) is 3.51. The predicted octanol–water partition coefficient (Wildman–Crippen LogP) is 3.86. The number of thiazole rings is 1. The maximum absolute atomic E-state index is 12.4. The minimum Gasteiger partial charge on any atom is -0.493 e. The molecular formula is C20H20N4O6S2. The van der Waals surface area contributed by atoms with Crippen molar-refractivity contribution >= 4 is 43.3 Å². The van der Waals surface area contributed by atoms with Gasteiger partial charge in [-0.3, -0.25) is 0 Å². The van der Waals surface area contributed by atoms with Crippen molar-refractivity contribution in [3.05, 3.63) is 29.0 Å². The molecule has 0 spiro atoms. The van der Waals surface area contributed by atoms with E-state index < -0.39 is 5.97 Å². The lowest BCUT2D eigenvalue weighted by Crippen LogP contribution is -2.07.